The number of carbonyl (C=O) groups is 2. The van der Waals surface area contributed by atoms with Gasteiger partial charge >= 0.3 is 103 Å². The Bertz CT molecular complexity index is 377. The first-order valence-electron chi connectivity index (χ1n) is 3.42. The number of hydrogen-bond donors (Lipinski definition) is 2. The van der Waals surface area contributed by atoms with E-state index >= 15 is 0 Å². The molecule has 2 N–H and O–H groups in total. The molecule has 1 aromatic carbocycles. The summed E-state index contributed by atoms with van der Waals surface area (Å²) in [6, 6.07) is 1.16. The largest absolute Gasteiger partial charge is 1.00 e. The van der Waals surface area contributed by atoms with Crippen LogP contribution in [0.4, 0.5) is 0 Å². The Morgan fingerprint density at radius 2 is 1.12 bits per heavy atom. The second kappa shape index (κ2) is 8.19. The molecular weight excluding hydrogens is 270 g/mol. The number of hydrogen-bond acceptors (Lipinski definition) is 6. The summed E-state index contributed by atoms with van der Waals surface area (Å²) in [7, 11) is 0. The topological polar surface area (TPSA) is 121 Å². The number of phenols is 2. The fourth-order valence-corrected chi connectivity index (χ4v) is 0.904. The summed E-state index contributed by atoms with van der Waals surface area (Å²) >= 11 is 0. The average Bonchev–Trinajstić information content (AvgIpc) is 2.07. The number of benzene rings is 1. The molecule has 1 rings (SSSR count). The standard InChI is InChI=1S/C8H6O6.2K/c9-5-1-3(7(11)12)6(10)2-4(5)8(13)14;;/h1-2,9-10H,(H,11,12)(H,13,14);;/q;2*+1/p-2. The van der Waals surface area contributed by atoms with Crippen LogP contribution in [0, 0.1) is 0 Å². The Labute approximate surface area is 176 Å². The summed E-state index contributed by atoms with van der Waals surface area (Å²) in [4.78, 5) is 20.6. The zero-order valence-electron chi connectivity index (χ0n) is 8.68. The van der Waals surface area contributed by atoms with Crippen molar-refractivity contribution in [1.82, 2.24) is 0 Å². The molecule has 0 radical (unpaired) electrons. The molecule has 0 saturated carbocycles. The van der Waals surface area contributed by atoms with Crippen molar-refractivity contribution in [3.05, 3.63) is 23.3 Å². The molecule has 0 aromatic heterocycles. The molecule has 8 heteroatoms. The molecule has 74 valence electrons. The van der Waals surface area contributed by atoms with Crippen molar-refractivity contribution >= 4 is 11.9 Å². The van der Waals surface area contributed by atoms with Crippen LogP contribution in [-0.2, 0) is 0 Å². The van der Waals surface area contributed by atoms with Crippen molar-refractivity contribution in [1.29, 1.82) is 0 Å². The predicted octanol–water partition coefficient (Wildman–Crippen LogP) is -8.17. The van der Waals surface area contributed by atoms with Crippen molar-refractivity contribution in [2.45, 2.75) is 0 Å². The van der Waals surface area contributed by atoms with E-state index in [1.54, 1.807) is 0 Å². The van der Waals surface area contributed by atoms with Crippen LogP contribution in [-0.4, -0.2) is 22.2 Å². The van der Waals surface area contributed by atoms with Crippen molar-refractivity contribution < 1.29 is 133 Å². The minimum Gasteiger partial charge on any atom is -0.545 e. The van der Waals surface area contributed by atoms with Gasteiger partial charge in [-0.05, 0) is 12.1 Å². The fraction of sp³-hybridized carbons (Fsp3) is 0. The van der Waals surface area contributed by atoms with E-state index in [1.807, 2.05) is 0 Å². The second-order valence-corrected chi connectivity index (χ2v) is 2.46. The van der Waals surface area contributed by atoms with Gasteiger partial charge in [-0.3, -0.25) is 0 Å². The molecule has 0 aliphatic rings. The van der Waals surface area contributed by atoms with Gasteiger partial charge in [-0.2, -0.15) is 0 Å². The van der Waals surface area contributed by atoms with E-state index < -0.39 is 34.6 Å². The third kappa shape index (κ3) is 4.72. The van der Waals surface area contributed by atoms with E-state index in [-0.39, 0.29) is 103 Å². The maximum Gasteiger partial charge on any atom is 1.00 e. The first-order valence-corrected chi connectivity index (χ1v) is 3.42. The van der Waals surface area contributed by atoms with Gasteiger partial charge in [0, 0.05) is 11.1 Å². The van der Waals surface area contributed by atoms with Gasteiger partial charge in [-0.15, -0.1) is 0 Å². The first kappa shape index (κ1) is 19.4. The number of carboxylic acids is 2. The molecule has 6 nitrogen and oxygen atoms in total. The molecule has 1 aromatic rings. The summed E-state index contributed by atoms with van der Waals surface area (Å²) in [5.41, 5.74) is -1.38. The molecule has 0 atom stereocenters. The molecule has 0 unspecified atom stereocenters. The molecular formula is C8H4K2O6. The maximum atomic E-state index is 10.3. The quantitative estimate of drug-likeness (QED) is 0.408. The number of rotatable bonds is 2. The van der Waals surface area contributed by atoms with Gasteiger partial charge in [0.25, 0.3) is 0 Å². The summed E-state index contributed by atoms with van der Waals surface area (Å²) < 4.78 is 0. The fourth-order valence-electron chi connectivity index (χ4n) is 0.904. The van der Waals surface area contributed by atoms with E-state index in [1.165, 1.54) is 0 Å². The first-order chi connectivity index (χ1) is 6.43. The zero-order valence-corrected chi connectivity index (χ0v) is 14.9. The molecule has 0 saturated heterocycles. The Morgan fingerprint density at radius 3 is 1.31 bits per heavy atom. The third-order valence-electron chi connectivity index (χ3n) is 1.55. The average molecular weight is 274 g/mol. The molecule has 0 spiro atoms. The molecule has 0 aliphatic carbocycles. The molecule has 0 aliphatic heterocycles. The van der Waals surface area contributed by atoms with Crippen LogP contribution in [0.15, 0.2) is 12.1 Å². The second-order valence-electron chi connectivity index (χ2n) is 2.46. The maximum absolute atomic E-state index is 10.3. The summed E-state index contributed by atoms with van der Waals surface area (Å²) in [5, 5.41) is 38.6. The number of aromatic carboxylic acids is 2. The SMILES string of the molecule is O=C([O-])c1cc(O)c(C(=O)[O-])cc1O.[K+].[K+]. The Kier molecular flexibility index (Phi) is 9.92. The van der Waals surface area contributed by atoms with E-state index in [4.69, 9.17) is 10.2 Å². The third-order valence-corrected chi connectivity index (χ3v) is 1.55. The van der Waals surface area contributed by atoms with Gasteiger partial charge in [-0.1, -0.05) is 0 Å². The van der Waals surface area contributed by atoms with Crippen molar-refractivity contribution in [2.24, 2.45) is 0 Å². The molecule has 0 heterocycles. The molecule has 0 amide bonds. The van der Waals surface area contributed by atoms with Crippen LogP contribution in [0.2, 0.25) is 0 Å². The van der Waals surface area contributed by atoms with E-state index in [0.717, 1.165) is 0 Å². The smallest absolute Gasteiger partial charge is 0.545 e. The monoisotopic (exact) mass is 274 g/mol. The van der Waals surface area contributed by atoms with Crippen LogP contribution >= 0.6 is 0 Å². The van der Waals surface area contributed by atoms with Crippen molar-refractivity contribution in [3.63, 3.8) is 0 Å². The van der Waals surface area contributed by atoms with E-state index in [0.29, 0.717) is 12.1 Å². The summed E-state index contributed by atoms with van der Waals surface area (Å²) in [5.74, 6) is -5.05. The van der Waals surface area contributed by atoms with Gasteiger partial charge in [0.1, 0.15) is 11.5 Å². The van der Waals surface area contributed by atoms with Gasteiger partial charge in [-0.25, -0.2) is 0 Å². The van der Waals surface area contributed by atoms with Crippen LogP contribution in [0.5, 0.6) is 11.5 Å². The normalized spacial score (nSPS) is 8.50. The van der Waals surface area contributed by atoms with Crippen LogP contribution < -0.4 is 113 Å². The Hall–Kier alpha value is 1.03. The van der Waals surface area contributed by atoms with Gasteiger partial charge < -0.3 is 30.0 Å². The zero-order chi connectivity index (χ0) is 10.9. The van der Waals surface area contributed by atoms with E-state index in [2.05, 4.69) is 0 Å². The van der Waals surface area contributed by atoms with Crippen LogP contribution in [0.1, 0.15) is 20.7 Å². The number of aromatic hydroxyl groups is 2. The van der Waals surface area contributed by atoms with Crippen molar-refractivity contribution in [3.8, 4) is 11.5 Å². The summed E-state index contributed by atoms with van der Waals surface area (Å²) in [6.07, 6.45) is 0. The molecule has 16 heavy (non-hydrogen) atoms. The Morgan fingerprint density at radius 1 is 0.875 bits per heavy atom. The van der Waals surface area contributed by atoms with Crippen molar-refractivity contribution in [2.75, 3.05) is 0 Å². The van der Waals surface area contributed by atoms with Gasteiger partial charge in [0.05, 0.1) is 11.9 Å². The molecule has 0 bridgehead atoms. The number of carboxylic acid groups (broad SMARTS) is 2. The summed E-state index contributed by atoms with van der Waals surface area (Å²) in [6.45, 7) is 0. The van der Waals surface area contributed by atoms with Gasteiger partial charge in [0.15, 0.2) is 0 Å². The number of carbonyl (C=O) groups excluding carboxylic acids is 2. The van der Waals surface area contributed by atoms with Crippen LogP contribution in [0.25, 0.3) is 0 Å². The molecule has 0 fully saturated rings. The minimum absolute atomic E-state index is 0. The minimum atomic E-state index is -1.72. The Balaban J connectivity index is 0. The van der Waals surface area contributed by atoms with Gasteiger partial charge in [0.2, 0.25) is 0 Å². The van der Waals surface area contributed by atoms with E-state index in [9.17, 15) is 19.8 Å². The van der Waals surface area contributed by atoms with Crippen LogP contribution in [0.3, 0.4) is 0 Å². The predicted molar refractivity (Wildman–Crippen MR) is 38.4 cm³/mol.